The first-order chi connectivity index (χ1) is 4.33. The van der Waals surface area contributed by atoms with Gasteiger partial charge in [-0.1, -0.05) is 6.07 Å². The molecule has 1 rings (SSSR count). The maximum atomic E-state index is 4.99. The van der Waals surface area contributed by atoms with Crippen molar-refractivity contribution in [2.75, 3.05) is 7.11 Å². The van der Waals surface area contributed by atoms with Gasteiger partial charge in [0.05, 0.1) is 7.11 Å². The van der Waals surface area contributed by atoms with Crippen molar-refractivity contribution in [3.05, 3.63) is 27.8 Å². The molecule has 1 nitrogen and oxygen atoms in total. The number of halogens is 2. The first-order valence-electron chi connectivity index (χ1n) is 2.62. The van der Waals surface area contributed by atoms with E-state index in [2.05, 4.69) is 22.6 Å². The lowest BCUT2D eigenvalue weighted by atomic mass is 10.3. The molecule has 0 aliphatic rings. The van der Waals surface area contributed by atoms with Crippen LogP contribution in [0.1, 0.15) is 0 Å². The summed E-state index contributed by atoms with van der Waals surface area (Å²) in [7, 11) is 1.67. The van der Waals surface area contributed by atoms with Gasteiger partial charge in [0.1, 0.15) is 5.75 Å². The maximum Gasteiger partial charge on any atom is 0.119 e. The number of methoxy groups -OCH3 is 1. The third-order valence-electron chi connectivity index (χ3n) is 1.03. The van der Waals surface area contributed by atoms with Crippen molar-refractivity contribution in [3.63, 3.8) is 0 Å². The molecule has 0 amide bonds. The lowest BCUT2D eigenvalue weighted by Crippen LogP contribution is -1.81. The van der Waals surface area contributed by atoms with Gasteiger partial charge in [-0.3, -0.25) is 0 Å². The van der Waals surface area contributed by atoms with E-state index < -0.39 is 0 Å². The molecule has 10 heavy (non-hydrogen) atoms. The van der Waals surface area contributed by atoms with Crippen molar-refractivity contribution in [2.24, 2.45) is 0 Å². The first kappa shape index (κ1) is 10.5. The highest BCUT2D eigenvalue weighted by molar-refractivity contribution is 14.1. The average Bonchev–Trinajstić information content (AvgIpc) is 1.88. The summed E-state index contributed by atoms with van der Waals surface area (Å²) in [6.45, 7) is 0. The van der Waals surface area contributed by atoms with E-state index >= 15 is 0 Å². The molecule has 0 radical (unpaired) electrons. The van der Waals surface area contributed by atoms with Crippen LogP contribution in [0.15, 0.2) is 24.3 Å². The van der Waals surface area contributed by atoms with E-state index in [1.807, 2.05) is 24.3 Å². The fourth-order valence-electron chi connectivity index (χ4n) is 0.594. The molecule has 1 aromatic carbocycles. The Morgan fingerprint density at radius 1 is 1.40 bits per heavy atom. The van der Waals surface area contributed by atoms with Crippen LogP contribution < -0.4 is 4.74 Å². The van der Waals surface area contributed by atoms with Gasteiger partial charge in [0, 0.05) is 3.57 Å². The highest BCUT2D eigenvalue weighted by Crippen LogP contribution is 2.13. The minimum absolute atomic E-state index is 0. The topological polar surface area (TPSA) is 9.23 Å². The predicted octanol–water partition coefficient (Wildman–Crippen LogP) is 2.92. The monoisotopic (exact) mass is 362 g/mol. The van der Waals surface area contributed by atoms with Crippen LogP contribution in [0.3, 0.4) is 0 Å². The molecule has 0 atom stereocenters. The van der Waals surface area contributed by atoms with Crippen molar-refractivity contribution >= 4 is 46.6 Å². The zero-order valence-corrected chi connectivity index (χ0v) is 9.99. The second-order valence-electron chi connectivity index (χ2n) is 1.66. The normalized spacial score (nSPS) is 8.20. The zero-order chi connectivity index (χ0) is 6.69. The van der Waals surface area contributed by atoms with Crippen LogP contribution in [0, 0.1) is 3.57 Å². The summed E-state index contributed by atoms with van der Waals surface area (Å²) >= 11 is 2.25. The molecule has 0 unspecified atom stereocenters. The van der Waals surface area contributed by atoms with E-state index in [-0.39, 0.29) is 24.0 Å². The van der Waals surface area contributed by atoms with E-state index in [0.717, 1.165) is 5.75 Å². The fourth-order valence-corrected chi connectivity index (χ4v) is 1.11. The molecular formula is C7H8I2O. The maximum absolute atomic E-state index is 4.99. The molecule has 0 fully saturated rings. The fraction of sp³-hybridized carbons (Fsp3) is 0.143. The number of benzene rings is 1. The minimum Gasteiger partial charge on any atom is -0.497 e. The zero-order valence-electron chi connectivity index (χ0n) is 5.50. The van der Waals surface area contributed by atoms with Gasteiger partial charge in [-0.25, -0.2) is 0 Å². The molecule has 1 aromatic rings. The van der Waals surface area contributed by atoms with E-state index in [1.54, 1.807) is 7.11 Å². The molecule has 0 bridgehead atoms. The Hall–Kier alpha value is 0.480. The van der Waals surface area contributed by atoms with Crippen molar-refractivity contribution in [1.29, 1.82) is 0 Å². The average molecular weight is 362 g/mol. The van der Waals surface area contributed by atoms with E-state index in [1.165, 1.54) is 3.57 Å². The third kappa shape index (κ3) is 3.05. The lowest BCUT2D eigenvalue weighted by Gasteiger charge is -1.96. The van der Waals surface area contributed by atoms with Gasteiger partial charge >= 0.3 is 0 Å². The predicted molar refractivity (Wildman–Crippen MR) is 61.1 cm³/mol. The summed E-state index contributed by atoms with van der Waals surface area (Å²) in [6.07, 6.45) is 0. The minimum atomic E-state index is 0. The Morgan fingerprint density at radius 3 is 2.50 bits per heavy atom. The summed E-state index contributed by atoms with van der Waals surface area (Å²) in [4.78, 5) is 0. The second kappa shape index (κ2) is 5.17. The molecule has 0 aliphatic carbocycles. The Bertz CT molecular complexity index is 201. The molecule has 0 N–H and O–H groups in total. The highest BCUT2D eigenvalue weighted by atomic mass is 127. The van der Waals surface area contributed by atoms with Crippen molar-refractivity contribution in [1.82, 2.24) is 0 Å². The van der Waals surface area contributed by atoms with Gasteiger partial charge in [-0.15, -0.1) is 24.0 Å². The van der Waals surface area contributed by atoms with Gasteiger partial charge in [0.2, 0.25) is 0 Å². The van der Waals surface area contributed by atoms with Gasteiger partial charge in [0.25, 0.3) is 0 Å². The van der Waals surface area contributed by atoms with Gasteiger partial charge in [-0.05, 0) is 40.8 Å². The van der Waals surface area contributed by atoms with Crippen LogP contribution in [0.5, 0.6) is 5.75 Å². The summed E-state index contributed by atoms with van der Waals surface area (Å²) in [6, 6.07) is 7.92. The largest absolute Gasteiger partial charge is 0.497 e. The number of rotatable bonds is 1. The Kier molecular flexibility index (Phi) is 5.42. The smallest absolute Gasteiger partial charge is 0.119 e. The molecule has 0 saturated heterocycles. The van der Waals surface area contributed by atoms with Crippen molar-refractivity contribution in [3.8, 4) is 5.75 Å². The second-order valence-corrected chi connectivity index (χ2v) is 2.91. The molecule has 0 spiro atoms. The molecule has 56 valence electrons. The van der Waals surface area contributed by atoms with Crippen LogP contribution in [0.4, 0.5) is 0 Å². The molecule has 0 saturated carbocycles. The van der Waals surface area contributed by atoms with Crippen LogP contribution in [0.25, 0.3) is 0 Å². The van der Waals surface area contributed by atoms with E-state index in [4.69, 9.17) is 4.74 Å². The van der Waals surface area contributed by atoms with Crippen molar-refractivity contribution < 1.29 is 4.74 Å². The SMILES string of the molecule is COc1cccc(I)c1.I. The van der Waals surface area contributed by atoms with Crippen LogP contribution in [-0.2, 0) is 0 Å². The van der Waals surface area contributed by atoms with Gasteiger partial charge in [-0.2, -0.15) is 0 Å². The van der Waals surface area contributed by atoms with Crippen LogP contribution >= 0.6 is 46.6 Å². The molecule has 0 aromatic heterocycles. The third-order valence-corrected chi connectivity index (χ3v) is 1.70. The molecule has 0 heterocycles. The van der Waals surface area contributed by atoms with Crippen LogP contribution in [-0.4, -0.2) is 7.11 Å². The number of hydrogen-bond acceptors (Lipinski definition) is 1. The molecule has 0 aliphatic heterocycles. The summed E-state index contributed by atoms with van der Waals surface area (Å²) < 4.78 is 6.19. The standard InChI is InChI=1S/C7H7IO.HI/c1-9-7-4-2-3-6(8)5-7;/h2-5H,1H3;1H. The highest BCUT2D eigenvalue weighted by Gasteiger charge is 1.88. The number of ether oxygens (including phenoxy) is 1. The summed E-state index contributed by atoms with van der Waals surface area (Å²) in [5.41, 5.74) is 0. The van der Waals surface area contributed by atoms with E-state index in [0.29, 0.717) is 0 Å². The summed E-state index contributed by atoms with van der Waals surface area (Å²) in [5, 5.41) is 0. The molecule has 3 heteroatoms. The Balaban J connectivity index is 0.000000810. The van der Waals surface area contributed by atoms with Crippen molar-refractivity contribution in [2.45, 2.75) is 0 Å². The Morgan fingerprint density at radius 2 is 2.10 bits per heavy atom. The molecular weight excluding hydrogens is 354 g/mol. The van der Waals surface area contributed by atoms with Gasteiger partial charge in [0.15, 0.2) is 0 Å². The quantitative estimate of drug-likeness (QED) is 0.699. The first-order valence-corrected chi connectivity index (χ1v) is 3.70. The summed E-state index contributed by atoms with van der Waals surface area (Å²) in [5.74, 6) is 0.918. The Labute approximate surface area is 91.3 Å². The number of hydrogen-bond donors (Lipinski definition) is 0. The lowest BCUT2D eigenvalue weighted by molar-refractivity contribution is 0.414. The van der Waals surface area contributed by atoms with Crippen LogP contribution in [0.2, 0.25) is 0 Å². The van der Waals surface area contributed by atoms with E-state index in [9.17, 15) is 0 Å². The van der Waals surface area contributed by atoms with Gasteiger partial charge < -0.3 is 4.74 Å².